The lowest BCUT2D eigenvalue weighted by atomic mass is 10.0. The Hall–Kier alpha value is -3.52. The molecule has 0 radical (unpaired) electrons. The van der Waals surface area contributed by atoms with Gasteiger partial charge in [-0.3, -0.25) is 4.79 Å². The second kappa shape index (κ2) is 9.77. The molecule has 2 aromatic carbocycles. The summed E-state index contributed by atoms with van der Waals surface area (Å²) in [7, 11) is 0. The highest BCUT2D eigenvalue weighted by Crippen LogP contribution is 2.31. The smallest absolute Gasteiger partial charge is 0.340 e. The Kier molecular flexibility index (Phi) is 6.79. The SMILES string of the molecule is Cc1oc2cc3oc(=O)c(CC(=O)N[C@@H](CSCc4ccccc4)C(=O)O)c(C)c3cc2c1C. The fourth-order valence-electron chi connectivity index (χ4n) is 3.88. The number of hydrogen-bond acceptors (Lipinski definition) is 6. The Morgan fingerprint density at radius 2 is 1.68 bits per heavy atom. The summed E-state index contributed by atoms with van der Waals surface area (Å²) in [4.78, 5) is 37.0. The fraction of sp³-hybridized carbons (Fsp3) is 0.269. The molecule has 4 aromatic rings. The third kappa shape index (κ3) is 4.87. The molecular formula is C26H25NO6S. The summed E-state index contributed by atoms with van der Waals surface area (Å²) in [6.07, 6.45) is -0.265. The average Bonchev–Trinajstić information content (AvgIpc) is 3.08. The number of carboxylic acid groups (broad SMARTS) is 1. The number of carbonyl (C=O) groups is 2. The highest BCUT2D eigenvalue weighted by molar-refractivity contribution is 7.98. The molecule has 0 saturated heterocycles. The van der Waals surface area contributed by atoms with Crippen LogP contribution in [0.15, 0.2) is 56.1 Å². The average molecular weight is 480 g/mol. The molecule has 176 valence electrons. The summed E-state index contributed by atoms with van der Waals surface area (Å²) in [5.41, 5.74) is 3.31. The molecule has 1 atom stereocenters. The first kappa shape index (κ1) is 23.6. The van der Waals surface area contributed by atoms with Gasteiger partial charge in [0.2, 0.25) is 5.91 Å². The number of furan rings is 1. The van der Waals surface area contributed by atoms with Crippen molar-refractivity contribution in [3.8, 4) is 0 Å². The van der Waals surface area contributed by atoms with Gasteiger partial charge in [-0.05, 0) is 43.5 Å². The number of rotatable bonds is 8. The first-order chi connectivity index (χ1) is 16.2. The molecule has 2 aromatic heterocycles. The number of aryl methyl sites for hydroxylation is 3. The molecule has 0 fully saturated rings. The Labute approximate surface area is 200 Å². The second-order valence-corrected chi connectivity index (χ2v) is 9.29. The van der Waals surface area contributed by atoms with Crippen molar-refractivity contribution in [1.82, 2.24) is 5.32 Å². The van der Waals surface area contributed by atoms with Crippen molar-refractivity contribution in [2.24, 2.45) is 0 Å². The van der Waals surface area contributed by atoms with E-state index in [2.05, 4.69) is 5.32 Å². The first-order valence-electron chi connectivity index (χ1n) is 10.8. The Bertz CT molecular complexity index is 1440. The summed E-state index contributed by atoms with van der Waals surface area (Å²) >= 11 is 1.42. The van der Waals surface area contributed by atoms with Crippen molar-refractivity contribution >= 4 is 45.6 Å². The van der Waals surface area contributed by atoms with Gasteiger partial charge in [-0.15, -0.1) is 0 Å². The van der Waals surface area contributed by atoms with Crippen LogP contribution in [0.25, 0.3) is 21.9 Å². The predicted octanol–water partition coefficient (Wildman–Crippen LogP) is 4.51. The van der Waals surface area contributed by atoms with E-state index in [0.717, 1.165) is 22.3 Å². The quantitative estimate of drug-likeness (QED) is 0.358. The van der Waals surface area contributed by atoms with Crippen LogP contribution in [0, 0.1) is 20.8 Å². The number of carbonyl (C=O) groups excluding carboxylic acids is 1. The Balaban J connectivity index is 1.51. The van der Waals surface area contributed by atoms with Gasteiger partial charge in [0.15, 0.2) is 0 Å². The lowest BCUT2D eigenvalue weighted by Crippen LogP contribution is -2.43. The van der Waals surface area contributed by atoms with Gasteiger partial charge < -0.3 is 19.3 Å². The van der Waals surface area contributed by atoms with E-state index in [1.807, 2.05) is 50.2 Å². The molecule has 0 aliphatic rings. The van der Waals surface area contributed by atoms with Crippen molar-refractivity contribution in [2.75, 3.05) is 5.75 Å². The van der Waals surface area contributed by atoms with Crippen LogP contribution in [0.1, 0.15) is 28.0 Å². The summed E-state index contributed by atoms with van der Waals surface area (Å²) in [6, 6.07) is 12.2. The molecule has 0 unspecified atom stereocenters. The van der Waals surface area contributed by atoms with Gasteiger partial charge in [0.05, 0.1) is 12.0 Å². The van der Waals surface area contributed by atoms with Crippen LogP contribution in [0.5, 0.6) is 0 Å². The largest absolute Gasteiger partial charge is 0.480 e. The van der Waals surface area contributed by atoms with Crippen LogP contribution < -0.4 is 10.9 Å². The van der Waals surface area contributed by atoms with Crippen LogP contribution in [-0.4, -0.2) is 28.8 Å². The van der Waals surface area contributed by atoms with Crippen molar-refractivity contribution in [3.05, 3.63) is 80.9 Å². The summed E-state index contributed by atoms with van der Waals surface area (Å²) < 4.78 is 11.2. The van der Waals surface area contributed by atoms with Crippen LogP contribution in [-0.2, 0) is 21.8 Å². The standard InChI is InChI=1S/C26H25NO6S/c1-14-16(3)32-22-11-23-19(9-18(14)22)15(2)20(26(31)33-23)10-24(28)27-21(25(29)30)13-34-12-17-7-5-4-6-8-17/h4-9,11,21H,10,12-13H2,1-3H3,(H,27,28)(H,29,30)/t21-/m0/s1. The van der Waals surface area contributed by atoms with E-state index in [1.165, 1.54) is 11.8 Å². The molecule has 0 aliphatic heterocycles. The number of thioether (sulfide) groups is 1. The molecule has 0 spiro atoms. The van der Waals surface area contributed by atoms with E-state index in [-0.39, 0.29) is 17.7 Å². The number of aliphatic carboxylic acids is 1. The zero-order chi connectivity index (χ0) is 24.4. The topological polar surface area (TPSA) is 110 Å². The number of benzene rings is 2. The molecule has 7 nitrogen and oxygen atoms in total. The highest BCUT2D eigenvalue weighted by Gasteiger charge is 2.22. The third-order valence-corrected chi connectivity index (χ3v) is 7.06. The van der Waals surface area contributed by atoms with Gasteiger partial charge in [-0.1, -0.05) is 30.3 Å². The molecule has 0 aliphatic carbocycles. The van der Waals surface area contributed by atoms with E-state index >= 15 is 0 Å². The number of amides is 1. The zero-order valence-corrected chi connectivity index (χ0v) is 20.0. The molecule has 34 heavy (non-hydrogen) atoms. The molecule has 2 N–H and O–H groups in total. The van der Waals surface area contributed by atoms with E-state index < -0.39 is 23.5 Å². The van der Waals surface area contributed by atoms with Crippen molar-refractivity contribution < 1.29 is 23.5 Å². The number of hydrogen-bond donors (Lipinski definition) is 2. The van der Waals surface area contributed by atoms with Crippen molar-refractivity contribution in [1.29, 1.82) is 0 Å². The number of nitrogens with one attached hydrogen (secondary N) is 1. The van der Waals surface area contributed by atoms with E-state index in [0.29, 0.717) is 27.9 Å². The number of fused-ring (bicyclic) bond motifs is 2. The van der Waals surface area contributed by atoms with Gasteiger partial charge in [0.1, 0.15) is 23.0 Å². The van der Waals surface area contributed by atoms with E-state index in [9.17, 15) is 19.5 Å². The molecule has 4 rings (SSSR count). The normalized spacial score (nSPS) is 12.2. The van der Waals surface area contributed by atoms with E-state index in [1.54, 1.807) is 13.0 Å². The Morgan fingerprint density at radius 3 is 2.38 bits per heavy atom. The molecule has 0 bridgehead atoms. The van der Waals surface area contributed by atoms with Gasteiger partial charge in [0.25, 0.3) is 0 Å². The van der Waals surface area contributed by atoms with Gasteiger partial charge in [-0.25, -0.2) is 9.59 Å². The van der Waals surface area contributed by atoms with Gasteiger partial charge >= 0.3 is 11.6 Å². The molecular weight excluding hydrogens is 454 g/mol. The minimum atomic E-state index is -1.12. The molecule has 2 heterocycles. The van der Waals surface area contributed by atoms with Crippen LogP contribution in [0.4, 0.5) is 0 Å². The molecule has 0 saturated carbocycles. The lowest BCUT2D eigenvalue weighted by molar-refractivity contribution is -0.141. The fourth-order valence-corrected chi connectivity index (χ4v) is 4.89. The van der Waals surface area contributed by atoms with Gasteiger partial charge in [-0.2, -0.15) is 11.8 Å². The first-order valence-corrected chi connectivity index (χ1v) is 12.0. The van der Waals surface area contributed by atoms with E-state index in [4.69, 9.17) is 8.83 Å². The minimum absolute atomic E-state index is 0.207. The van der Waals surface area contributed by atoms with Crippen molar-refractivity contribution in [3.63, 3.8) is 0 Å². The van der Waals surface area contributed by atoms with Crippen molar-refractivity contribution in [2.45, 2.75) is 39.0 Å². The van der Waals surface area contributed by atoms with Gasteiger partial charge in [0, 0.05) is 28.3 Å². The maximum atomic E-state index is 12.7. The lowest BCUT2D eigenvalue weighted by Gasteiger charge is -2.15. The van der Waals surface area contributed by atoms with Crippen LogP contribution >= 0.6 is 11.8 Å². The molecule has 8 heteroatoms. The summed E-state index contributed by atoms with van der Waals surface area (Å²) in [6.45, 7) is 5.59. The highest BCUT2D eigenvalue weighted by atomic mass is 32.2. The summed E-state index contributed by atoms with van der Waals surface area (Å²) in [5.74, 6) is -0.0360. The Morgan fingerprint density at radius 1 is 1.00 bits per heavy atom. The van der Waals surface area contributed by atoms with Crippen LogP contribution in [0.3, 0.4) is 0 Å². The zero-order valence-electron chi connectivity index (χ0n) is 19.1. The van der Waals surface area contributed by atoms with Crippen LogP contribution in [0.2, 0.25) is 0 Å². The minimum Gasteiger partial charge on any atom is -0.480 e. The molecule has 1 amide bonds. The maximum absolute atomic E-state index is 12.7. The maximum Gasteiger partial charge on any atom is 0.340 e. The monoisotopic (exact) mass is 479 g/mol. The predicted molar refractivity (Wildman–Crippen MR) is 132 cm³/mol. The second-order valence-electron chi connectivity index (χ2n) is 8.26. The third-order valence-electron chi connectivity index (χ3n) is 5.95. The summed E-state index contributed by atoms with van der Waals surface area (Å²) in [5, 5.41) is 13.7. The number of carboxylic acids is 1.